The van der Waals surface area contributed by atoms with Crippen molar-refractivity contribution >= 4 is 23.0 Å². The molecule has 0 fully saturated rings. The number of rotatable bonds is 4. The average Bonchev–Trinajstić information content (AvgIpc) is 2.40. The number of nitrogens with zero attached hydrogens (tertiary/aromatic N) is 2. The van der Waals surface area contributed by atoms with Gasteiger partial charge in [0.1, 0.15) is 11.6 Å². The Morgan fingerprint density at radius 2 is 2.10 bits per heavy atom. The lowest BCUT2D eigenvalue weighted by Crippen LogP contribution is -2.03. The first kappa shape index (κ1) is 13.6. The van der Waals surface area contributed by atoms with E-state index in [1.807, 2.05) is 13.0 Å². The largest absolute Gasteiger partial charge is 0.497 e. The first-order chi connectivity index (χ1) is 9.51. The van der Waals surface area contributed by atoms with Crippen molar-refractivity contribution in [2.24, 2.45) is 0 Å². The Bertz CT molecular complexity index is 658. The van der Waals surface area contributed by atoms with Crippen LogP contribution in [0, 0.1) is 17.0 Å². The van der Waals surface area contributed by atoms with E-state index in [9.17, 15) is 10.1 Å². The van der Waals surface area contributed by atoms with Crippen molar-refractivity contribution in [1.82, 2.24) is 4.98 Å². The van der Waals surface area contributed by atoms with E-state index in [0.29, 0.717) is 11.4 Å². The molecule has 7 nitrogen and oxygen atoms in total. The van der Waals surface area contributed by atoms with E-state index in [4.69, 9.17) is 10.5 Å². The van der Waals surface area contributed by atoms with Crippen molar-refractivity contribution in [1.29, 1.82) is 0 Å². The van der Waals surface area contributed by atoms with E-state index in [1.165, 1.54) is 12.1 Å². The van der Waals surface area contributed by atoms with Crippen molar-refractivity contribution in [2.45, 2.75) is 6.92 Å². The number of methoxy groups -OCH3 is 1. The van der Waals surface area contributed by atoms with E-state index < -0.39 is 4.92 Å². The quantitative estimate of drug-likeness (QED) is 0.656. The van der Waals surface area contributed by atoms with Gasteiger partial charge in [-0.05, 0) is 36.8 Å². The molecule has 0 saturated heterocycles. The molecular weight excluding hydrogens is 260 g/mol. The molecule has 0 radical (unpaired) electrons. The second-order valence-electron chi connectivity index (χ2n) is 4.17. The molecule has 0 bridgehead atoms. The lowest BCUT2D eigenvalue weighted by Gasteiger charge is -2.10. The Balaban J connectivity index is 2.39. The first-order valence-electron chi connectivity index (χ1n) is 5.84. The summed E-state index contributed by atoms with van der Waals surface area (Å²) in [5, 5.41) is 13.9. The highest BCUT2D eigenvalue weighted by atomic mass is 16.6. The predicted molar refractivity (Wildman–Crippen MR) is 76.3 cm³/mol. The Labute approximate surface area is 115 Å². The van der Waals surface area contributed by atoms with Crippen LogP contribution in [-0.4, -0.2) is 17.0 Å². The zero-order valence-electron chi connectivity index (χ0n) is 11.1. The van der Waals surface area contributed by atoms with Gasteiger partial charge in [0.15, 0.2) is 0 Å². The number of nitrogens with two attached hydrogens (primary N) is 1. The molecule has 104 valence electrons. The van der Waals surface area contributed by atoms with Crippen LogP contribution >= 0.6 is 0 Å². The fraction of sp³-hybridized carbons (Fsp3) is 0.154. The molecule has 0 unspecified atom stereocenters. The van der Waals surface area contributed by atoms with Crippen molar-refractivity contribution in [3.05, 3.63) is 46.0 Å². The van der Waals surface area contributed by atoms with Crippen LogP contribution in [-0.2, 0) is 0 Å². The van der Waals surface area contributed by atoms with Crippen LogP contribution in [0.2, 0.25) is 0 Å². The maximum Gasteiger partial charge on any atom is 0.311 e. The summed E-state index contributed by atoms with van der Waals surface area (Å²) in [4.78, 5) is 14.4. The normalized spacial score (nSPS) is 10.1. The number of aromatic nitrogens is 1. The van der Waals surface area contributed by atoms with Crippen LogP contribution in [0.25, 0.3) is 0 Å². The standard InChI is InChI=1S/C13H14N4O3/c1-8-7-9(20-2)3-4-10(8)15-13-11(17(18)19)5-6-12(14)16-13/h3-7H,1-2H3,(H3,14,15,16). The third-order valence-corrected chi connectivity index (χ3v) is 2.78. The Morgan fingerprint density at radius 1 is 1.35 bits per heavy atom. The number of ether oxygens (including phenoxy) is 1. The van der Waals surface area contributed by atoms with E-state index in [2.05, 4.69) is 10.3 Å². The van der Waals surface area contributed by atoms with Crippen molar-refractivity contribution < 1.29 is 9.66 Å². The molecule has 0 amide bonds. The summed E-state index contributed by atoms with van der Waals surface area (Å²) >= 11 is 0. The van der Waals surface area contributed by atoms with Crippen LogP contribution in [0.15, 0.2) is 30.3 Å². The second-order valence-corrected chi connectivity index (χ2v) is 4.17. The SMILES string of the molecule is COc1ccc(Nc2nc(N)ccc2[N+](=O)[O-])c(C)c1. The summed E-state index contributed by atoms with van der Waals surface area (Å²) in [5.41, 5.74) is 7.02. The number of benzene rings is 1. The number of nitro groups is 1. The van der Waals surface area contributed by atoms with Crippen LogP contribution < -0.4 is 15.8 Å². The Hall–Kier alpha value is -2.83. The maximum absolute atomic E-state index is 11.0. The maximum atomic E-state index is 11.0. The number of anilines is 3. The number of hydrogen-bond donors (Lipinski definition) is 2. The van der Waals surface area contributed by atoms with Gasteiger partial charge in [-0.15, -0.1) is 0 Å². The van der Waals surface area contributed by atoms with Gasteiger partial charge in [0.25, 0.3) is 0 Å². The Morgan fingerprint density at radius 3 is 2.70 bits per heavy atom. The van der Waals surface area contributed by atoms with E-state index in [-0.39, 0.29) is 17.3 Å². The zero-order valence-corrected chi connectivity index (χ0v) is 11.1. The Kier molecular flexibility index (Phi) is 3.69. The molecular formula is C13H14N4O3. The minimum Gasteiger partial charge on any atom is -0.497 e. The first-order valence-corrected chi connectivity index (χ1v) is 5.84. The highest BCUT2D eigenvalue weighted by molar-refractivity contribution is 5.69. The predicted octanol–water partition coefficient (Wildman–Crippen LogP) is 2.63. The van der Waals surface area contributed by atoms with Crippen LogP contribution in [0.3, 0.4) is 0 Å². The minimum atomic E-state index is -0.506. The van der Waals surface area contributed by atoms with E-state index in [0.717, 1.165) is 5.56 Å². The summed E-state index contributed by atoms with van der Waals surface area (Å²) in [7, 11) is 1.58. The number of hydrogen-bond acceptors (Lipinski definition) is 6. The van der Waals surface area contributed by atoms with Gasteiger partial charge in [0.05, 0.1) is 12.0 Å². The van der Waals surface area contributed by atoms with Crippen molar-refractivity contribution in [3.63, 3.8) is 0 Å². The zero-order chi connectivity index (χ0) is 14.7. The van der Waals surface area contributed by atoms with Crippen LogP contribution in [0.1, 0.15) is 5.56 Å². The molecule has 0 atom stereocenters. The summed E-state index contributed by atoms with van der Waals surface area (Å²) < 4.78 is 5.11. The smallest absolute Gasteiger partial charge is 0.311 e. The molecule has 0 aliphatic heterocycles. The fourth-order valence-electron chi connectivity index (χ4n) is 1.74. The van der Waals surface area contributed by atoms with Crippen LogP contribution in [0.4, 0.5) is 23.0 Å². The van der Waals surface area contributed by atoms with E-state index >= 15 is 0 Å². The number of nitrogens with one attached hydrogen (secondary N) is 1. The average molecular weight is 274 g/mol. The van der Waals surface area contributed by atoms with Crippen LogP contribution in [0.5, 0.6) is 5.75 Å². The topological polar surface area (TPSA) is 103 Å². The van der Waals surface area contributed by atoms with Gasteiger partial charge in [0.2, 0.25) is 5.82 Å². The fourth-order valence-corrected chi connectivity index (χ4v) is 1.74. The highest BCUT2D eigenvalue weighted by Gasteiger charge is 2.16. The highest BCUT2D eigenvalue weighted by Crippen LogP contribution is 2.29. The molecule has 7 heteroatoms. The molecule has 0 aliphatic carbocycles. The lowest BCUT2D eigenvalue weighted by atomic mass is 10.2. The van der Waals surface area contributed by atoms with Gasteiger partial charge in [-0.2, -0.15) is 0 Å². The third-order valence-electron chi connectivity index (χ3n) is 2.78. The van der Waals surface area contributed by atoms with Crippen molar-refractivity contribution in [3.8, 4) is 5.75 Å². The molecule has 0 aliphatic rings. The van der Waals surface area contributed by atoms with E-state index in [1.54, 1.807) is 19.2 Å². The van der Waals surface area contributed by atoms with Gasteiger partial charge in [0, 0.05) is 11.8 Å². The summed E-state index contributed by atoms with van der Waals surface area (Å²) in [6, 6.07) is 8.06. The lowest BCUT2D eigenvalue weighted by molar-refractivity contribution is -0.384. The summed E-state index contributed by atoms with van der Waals surface area (Å²) in [5.74, 6) is 1.04. The summed E-state index contributed by atoms with van der Waals surface area (Å²) in [6.45, 7) is 1.86. The van der Waals surface area contributed by atoms with Gasteiger partial charge in [-0.25, -0.2) is 4.98 Å². The monoisotopic (exact) mass is 274 g/mol. The molecule has 0 spiro atoms. The van der Waals surface area contributed by atoms with Gasteiger partial charge in [-0.1, -0.05) is 0 Å². The minimum absolute atomic E-state index is 0.114. The number of pyridine rings is 1. The summed E-state index contributed by atoms with van der Waals surface area (Å²) in [6.07, 6.45) is 0. The molecule has 1 heterocycles. The number of aryl methyl sites for hydroxylation is 1. The van der Waals surface area contributed by atoms with Gasteiger partial charge < -0.3 is 15.8 Å². The molecule has 2 rings (SSSR count). The third kappa shape index (κ3) is 2.77. The molecule has 3 N–H and O–H groups in total. The second kappa shape index (κ2) is 5.43. The molecule has 20 heavy (non-hydrogen) atoms. The van der Waals surface area contributed by atoms with Gasteiger partial charge >= 0.3 is 5.69 Å². The van der Waals surface area contributed by atoms with Crippen molar-refractivity contribution in [2.75, 3.05) is 18.2 Å². The molecule has 0 saturated carbocycles. The molecule has 1 aromatic carbocycles. The molecule has 2 aromatic rings. The molecule has 1 aromatic heterocycles. The number of nitrogen functional groups attached to an aromatic ring is 1. The van der Waals surface area contributed by atoms with Gasteiger partial charge in [-0.3, -0.25) is 10.1 Å².